The summed E-state index contributed by atoms with van der Waals surface area (Å²) >= 11 is 6.69. The van der Waals surface area contributed by atoms with Crippen LogP contribution in [0.3, 0.4) is 0 Å². The van der Waals surface area contributed by atoms with Crippen LogP contribution in [0.15, 0.2) is 94.3 Å². The molecule has 0 atom stereocenters. The van der Waals surface area contributed by atoms with Crippen molar-refractivity contribution in [3.63, 3.8) is 0 Å². The van der Waals surface area contributed by atoms with Crippen LogP contribution in [0.1, 0.15) is 0 Å². The molecule has 0 saturated carbocycles. The maximum absolute atomic E-state index is 12.2. The molecule has 0 aliphatic rings. The van der Waals surface area contributed by atoms with Crippen LogP contribution < -0.4 is 0 Å². The Labute approximate surface area is 234 Å². The third kappa shape index (κ3) is 3.09. The number of thiophene rings is 4. The Morgan fingerprint density at radius 1 is 0.447 bits per heavy atom. The van der Waals surface area contributed by atoms with Crippen molar-refractivity contribution < 1.29 is 10.2 Å². The van der Waals surface area contributed by atoms with Crippen molar-refractivity contribution >= 4 is 77.7 Å². The summed E-state index contributed by atoms with van der Waals surface area (Å²) in [5, 5.41) is 37.7. The summed E-state index contributed by atoms with van der Waals surface area (Å²) in [7, 11) is 0. The van der Waals surface area contributed by atoms with Crippen LogP contribution in [0.2, 0.25) is 0 Å². The molecule has 2 nitrogen and oxygen atoms in total. The van der Waals surface area contributed by atoms with E-state index in [0.717, 1.165) is 74.1 Å². The van der Waals surface area contributed by atoms with Gasteiger partial charge in [-0.05, 0) is 84.8 Å². The molecule has 8 rings (SSSR count). The highest BCUT2D eigenvalue weighted by atomic mass is 32.1. The van der Waals surface area contributed by atoms with Crippen molar-refractivity contribution in [1.29, 1.82) is 0 Å². The summed E-state index contributed by atoms with van der Waals surface area (Å²) in [5.74, 6) is 0.573. The molecule has 0 amide bonds. The van der Waals surface area contributed by atoms with Gasteiger partial charge in [-0.15, -0.1) is 45.3 Å². The monoisotopic (exact) mass is 562 g/mol. The second-order valence-electron chi connectivity index (χ2n) is 9.21. The van der Waals surface area contributed by atoms with Gasteiger partial charge in [0.15, 0.2) is 0 Å². The van der Waals surface area contributed by atoms with Crippen LogP contribution in [0.4, 0.5) is 0 Å². The van der Waals surface area contributed by atoms with Gasteiger partial charge >= 0.3 is 0 Å². The van der Waals surface area contributed by atoms with Crippen molar-refractivity contribution in [2.24, 2.45) is 0 Å². The molecule has 0 aliphatic carbocycles. The Kier molecular flexibility index (Phi) is 4.94. The van der Waals surface area contributed by atoms with Crippen molar-refractivity contribution in [2.45, 2.75) is 0 Å². The number of hydrogen-bond donors (Lipinski definition) is 2. The number of phenolic OH excluding ortho intramolecular Hbond substituents is 2. The third-order valence-corrected chi connectivity index (χ3v) is 10.7. The first-order valence-corrected chi connectivity index (χ1v) is 15.6. The normalized spacial score (nSPS) is 11.9. The molecule has 0 bridgehead atoms. The van der Waals surface area contributed by atoms with E-state index in [1.54, 1.807) is 45.3 Å². The highest BCUT2D eigenvalue weighted by Crippen LogP contribution is 2.57. The van der Waals surface area contributed by atoms with Crippen molar-refractivity contribution in [1.82, 2.24) is 0 Å². The first kappa shape index (κ1) is 22.3. The number of benzene rings is 4. The zero-order valence-corrected chi connectivity index (χ0v) is 23.0. The molecule has 0 spiro atoms. The van der Waals surface area contributed by atoms with Gasteiger partial charge in [0.1, 0.15) is 11.5 Å². The van der Waals surface area contributed by atoms with Gasteiger partial charge < -0.3 is 10.2 Å². The van der Waals surface area contributed by atoms with Crippen LogP contribution >= 0.6 is 45.3 Å². The van der Waals surface area contributed by atoms with Gasteiger partial charge in [-0.25, -0.2) is 0 Å². The van der Waals surface area contributed by atoms with Gasteiger partial charge in [-0.3, -0.25) is 0 Å². The second kappa shape index (κ2) is 8.41. The molecule has 38 heavy (non-hydrogen) atoms. The predicted octanol–water partition coefficient (Wildman–Crippen LogP) is 10.9. The van der Waals surface area contributed by atoms with E-state index in [0.29, 0.717) is 5.75 Å². The minimum absolute atomic E-state index is 0.255. The molecule has 6 heteroatoms. The lowest BCUT2D eigenvalue weighted by Gasteiger charge is -2.24. The van der Waals surface area contributed by atoms with Crippen LogP contribution in [0.25, 0.3) is 74.1 Å². The third-order valence-electron chi connectivity index (χ3n) is 7.19. The van der Waals surface area contributed by atoms with Crippen LogP contribution in [-0.2, 0) is 0 Å². The fourth-order valence-corrected chi connectivity index (χ4v) is 8.93. The zero-order chi connectivity index (χ0) is 25.4. The summed E-state index contributed by atoms with van der Waals surface area (Å²) in [6.07, 6.45) is 0. The summed E-state index contributed by atoms with van der Waals surface area (Å²) in [5.41, 5.74) is 3.95. The highest BCUT2D eigenvalue weighted by Gasteiger charge is 2.29. The minimum atomic E-state index is 0.255. The SMILES string of the molecule is Oc1cc2ccc3c(-c4cccs4)c(O)c(-c4cccs4)c4c(-c5cccs5)c(-c5cccs5)c(c1)c2c34. The lowest BCUT2D eigenvalue weighted by molar-refractivity contribution is 0.476. The quantitative estimate of drug-likeness (QED) is 0.209. The van der Waals surface area contributed by atoms with Crippen molar-refractivity contribution in [3.8, 4) is 53.3 Å². The average Bonchev–Trinajstić information content (AvgIpc) is 3.75. The molecule has 0 unspecified atom stereocenters. The first-order valence-electron chi connectivity index (χ1n) is 12.1. The van der Waals surface area contributed by atoms with Gasteiger partial charge in [0.2, 0.25) is 0 Å². The fraction of sp³-hybridized carbons (Fsp3) is 0. The second-order valence-corrected chi connectivity index (χ2v) is 13.0. The maximum atomic E-state index is 12.2. The summed E-state index contributed by atoms with van der Waals surface area (Å²) < 4.78 is 0. The molecular weight excluding hydrogens is 545 g/mol. The van der Waals surface area contributed by atoms with Gasteiger partial charge in [0, 0.05) is 47.1 Å². The average molecular weight is 563 g/mol. The molecule has 8 aromatic rings. The molecule has 0 saturated heterocycles. The topological polar surface area (TPSA) is 40.5 Å². The zero-order valence-electron chi connectivity index (χ0n) is 19.8. The Bertz CT molecular complexity index is 2070. The van der Waals surface area contributed by atoms with E-state index in [2.05, 4.69) is 70.1 Å². The van der Waals surface area contributed by atoms with E-state index in [1.807, 2.05) is 24.3 Å². The fourth-order valence-electron chi connectivity index (χ4n) is 5.80. The summed E-state index contributed by atoms with van der Waals surface area (Å²) in [4.78, 5) is 4.36. The minimum Gasteiger partial charge on any atom is -0.508 e. The molecule has 0 radical (unpaired) electrons. The van der Waals surface area contributed by atoms with E-state index in [1.165, 1.54) is 0 Å². The largest absolute Gasteiger partial charge is 0.508 e. The predicted molar refractivity (Wildman–Crippen MR) is 167 cm³/mol. The molecule has 0 fully saturated rings. The van der Waals surface area contributed by atoms with E-state index in [9.17, 15) is 10.2 Å². The highest BCUT2D eigenvalue weighted by molar-refractivity contribution is 7.15. The molecule has 4 heterocycles. The molecule has 2 N–H and O–H groups in total. The van der Waals surface area contributed by atoms with Crippen LogP contribution in [0, 0.1) is 0 Å². The Morgan fingerprint density at radius 2 is 1.00 bits per heavy atom. The molecular formula is C32H18O2S4. The number of phenols is 2. The number of aromatic hydroxyl groups is 2. The maximum Gasteiger partial charge on any atom is 0.134 e. The Hall–Kier alpha value is -3.68. The molecule has 0 aliphatic heterocycles. The van der Waals surface area contributed by atoms with Gasteiger partial charge in [-0.2, -0.15) is 0 Å². The van der Waals surface area contributed by atoms with Gasteiger partial charge in [0.25, 0.3) is 0 Å². The van der Waals surface area contributed by atoms with Gasteiger partial charge in [-0.1, -0.05) is 36.4 Å². The lowest BCUT2D eigenvalue weighted by atomic mass is 9.81. The number of hydrogen-bond acceptors (Lipinski definition) is 6. The summed E-state index contributed by atoms with van der Waals surface area (Å²) in [6, 6.07) is 24.7. The van der Waals surface area contributed by atoms with E-state index >= 15 is 0 Å². The van der Waals surface area contributed by atoms with E-state index in [4.69, 9.17) is 0 Å². The molecule has 4 aromatic heterocycles. The standard InChI is InChI=1S/C32H18O2S4/c33-18-15-17-9-10-19-27(22-6-2-12-36-22)32(34)30(24-8-4-14-38-24)31-28(19)25(17)20(16-18)26(21-5-1-11-35-21)29(31)23-7-3-13-37-23/h1-16,33-34H. The Morgan fingerprint density at radius 3 is 1.58 bits per heavy atom. The Balaban J connectivity index is 1.75. The molecule has 182 valence electrons. The number of rotatable bonds is 4. The van der Waals surface area contributed by atoms with E-state index < -0.39 is 0 Å². The van der Waals surface area contributed by atoms with Crippen LogP contribution in [0.5, 0.6) is 11.5 Å². The first-order chi connectivity index (χ1) is 18.7. The van der Waals surface area contributed by atoms with Crippen molar-refractivity contribution in [2.75, 3.05) is 0 Å². The molecule has 4 aromatic carbocycles. The lowest BCUT2D eigenvalue weighted by Crippen LogP contribution is -1.96. The van der Waals surface area contributed by atoms with Gasteiger partial charge in [0.05, 0.1) is 0 Å². The smallest absolute Gasteiger partial charge is 0.134 e. The van der Waals surface area contributed by atoms with Crippen LogP contribution in [-0.4, -0.2) is 10.2 Å². The van der Waals surface area contributed by atoms with Crippen molar-refractivity contribution in [3.05, 3.63) is 94.3 Å². The summed E-state index contributed by atoms with van der Waals surface area (Å²) in [6.45, 7) is 0. The van der Waals surface area contributed by atoms with E-state index in [-0.39, 0.29) is 5.75 Å².